The molecule has 0 saturated carbocycles. The number of nitrogen functional groups attached to an aromatic ring is 1. The molecule has 4 heteroatoms. The maximum atomic E-state index is 13.2. The van der Waals surface area contributed by atoms with Gasteiger partial charge in [0.25, 0.3) is 0 Å². The summed E-state index contributed by atoms with van der Waals surface area (Å²) in [5, 5.41) is 0. The van der Waals surface area contributed by atoms with Crippen molar-refractivity contribution in [2.24, 2.45) is 0 Å². The Kier molecular flexibility index (Phi) is 4.13. The van der Waals surface area contributed by atoms with E-state index in [2.05, 4.69) is 0 Å². The average molecular weight is 275 g/mol. The maximum Gasteiger partial charge on any atom is 0.146 e. The molecule has 0 saturated heterocycles. The molecule has 106 valence electrons. The van der Waals surface area contributed by atoms with Crippen LogP contribution < -0.4 is 15.2 Å². The molecule has 0 spiro atoms. The summed E-state index contributed by atoms with van der Waals surface area (Å²) in [6.07, 6.45) is 0.0171. The summed E-state index contributed by atoms with van der Waals surface area (Å²) in [7, 11) is 0. The van der Waals surface area contributed by atoms with Crippen LogP contribution in [0.1, 0.15) is 19.4 Å². The van der Waals surface area contributed by atoms with E-state index in [0.29, 0.717) is 22.9 Å². The van der Waals surface area contributed by atoms with Crippen LogP contribution in [0.15, 0.2) is 36.4 Å². The van der Waals surface area contributed by atoms with Gasteiger partial charge in [-0.15, -0.1) is 0 Å². The molecule has 2 rings (SSSR count). The van der Waals surface area contributed by atoms with Crippen LogP contribution in [-0.4, -0.2) is 6.10 Å². The normalized spacial score (nSPS) is 10.7. The number of hydrogen-bond donors (Lipinski definition) is 1. The topological polar surface area (TPSA) is 44.5 Å². The minimum atomic E-state index is -0.334. The second-order valence-corrected chi connectivity index (χ2v) is 4.88. The van der Waals surface area contributed by atoms with Gasteiger partial charge in [-0.1, -0.05) is 6.07 Å². The van der Waals surface area contributed by atoms with E-state index in [1.165, 1.54) is 12.1 Å². The van der Waals surface area contributed by atoms with E-state index in [9.17, 15) is 4.39 Å². The van der Waals surface area contributed by atoms with Gasteiger partial charge in [0.15, 0.2) is 0 Å². The van der Waals surface area contributed by atoms with E-state index in [-0.39, 0.29) is 11.9 Å². The minimum Gasteiger partial charge on any atom is -0.489 e. The SMILES string of the molecule is Cc1ccc(F)cc1Oc1ccc(N)c(OC(C)C)c1. The third-order valence-corrected chi connectivity index (χ3v) is 2.73. The largest absolute Gasteiger partial charge is 0.489 e. The van der Waals surface area contributed by atoms with Gasteiger partial charge in [-0.05, 0) is 44.5 Å². The average Bonchev–Trinajstić information content (AvgIpc) is 2.37. The molecule has 0 atom stereocenters. The summed E-state index contributed by atoms with van der Waals surface area (Å²) in [5.41, 5.74) is 7.24. The first-order chi connectivity index (χ1) is 9.45. The highest BCUT2D eigenvalue weighted by atomic mass is 19.1. The fourth-order valence-corrected chi connectivity index (χ4v) is 1.75. The molecule has 0 bridgehead atoms. The lowest BCUT2D eigenvalue weighted by Gasteiger charge is -2.14. The number of aryl methyl sites for hydroxylation is 1. The van der Waals surface area contributed by atoms with Gasteiger partial charge < -0.3 is 15.2 Å². The van der Waals surface area contributed by atoms with Crippen molar-refractivity contribution in [3.63, 3.8) is 0 Å². The molecular formula is C16H18FNO2. The van der Waals surface area contributed by atoms with Crippen molar-refractivity contribution in [1.82, 2.24) is 0 Å². The molecule has 20 heavy (non-hydrogen) atoms. The van der Waals surface area contributed by atoms with Gasteiger partial charge in [-0.2, -0.15) is 0 Å². The van der Waals surface area contributed by atoms with Crippen LogP contribution in [0.2, 0.25) is 0 Å². The summed E-state index contributed by atoms with van der Waals surface area (Å²) >= 11 is 0. The number of benzene rings is 2. The minimum absolute atomic E-state index is 0.0171. The van der Waals surface area contributed by atoms with Crippen LogP contribution in [0.25, 0.3) is 0 Å². The third-order valence-electron chi connectivity index (χ3n) is 2.73. The fraction of sp³-hybridized carbons (Fsp3) is 0.250. The number of anilines is 1. The molecule has 0 aliphatic heterocycles. The molecule has 0 radical (unpaired) electrons. The first-order valence-electron chi connectivity index (χ1n) is 6.46. The lowest BCUT2D eigenvalue weighted by Crippen LogP contribution is -2.07. The number of ether oxygens (including phenoxy) is 2. The lowest BCUT2D eigenvalue weighted by atomic mass is 10.2. The standard InChI is InChI=1S/C16H18FNO2/c1-10(2)19-16-9-13(6-7-14(16)18)20-15-8-12(17)5-4-11(15)3/h4-10H,18H2,1-3H3. The molecule has 0 aliphatic rings. The molecule has 0 unspecified atom stereocenters. The predicted molar refractivity (Wildman–Crippen MR) is 77.8 cm³/mol. The molecule has 0 heterocycles. The van der Waals surface area contributed by atoms with Gasteiger partial charge >= 0.3 is 0 Å². The van der Waals surface area contributed by atoms with E-state index in [1.54, 1.807) is 24.3 Å². The summed E-state index contributed by atoms with van der Waals surface area (Å²) in [5.74, 6) is 1.26. The van der Waals surface area contributed by atoms with E-state index in [0.717, 1.165) is 5.56 Å². The molecule has 2 N–H and O–H groups in total. The quantitative estimate of drug-likeness (QED) is 0.846. The van der Waals surface area contributed by atoms with Crippen molar-refractivity contribution in [3.05, 3.63) is 47.8 Å². The van der Waals surface area contributed by atoms with Crippen LogP contribution in [0.4, 0.5) is 10.1 Å². The van der Waals surface area contributed by atoms with Crippen molar-refractivity contribution < 1.29 is 13.9 Å². The zero-order valence-corrected chi connectivity index (χ0v) is 11.8. The molecule has 2 aromatic carbocycles. The van der Waals surface area contributed by atoms with E-state index < -0.39 is 0 Å². The van der Waals surface area contributed by atoms with Crippen molar-refractivity contribution in [2.75, 3.05) is 5.73 Å². The Balaban J connectivity index is 2.27. The van der Waals surface area contributed by atoms with Crippen LogP contribution in [0.5, 0.6) is 17.2 Å². The summed E-state index contributed by atoms with van der Waals surface area (Å²) < 4.78 is 24.5. The van der Waals surface area contributed by atoms with E-state index >= 15 is 0 Å². The number of hydrogen-bond acceptors (Lipinski definition) is 3. The number of rotatable bonds is 4. The maximum absolute atomic E-state index is 13.2. The van der Waals surface area contributed by atoms with Crippen molar-refractivity contribution in [1.29, 1.82) is 0 Å². The lowest BCUT2D eigenvalue weighted by molar-refractivity contribution is 0.243. The molecule has 2 aromatic rings. The van der Waals surface area contributed by atoms with E-state index in [4.69, 9.17) is 15.2 Å². The van der Waals surface area contributed by atoms with Crippen LogP contribution in [0.3, 0.4) is 0 Å². The Morgan fingerprint density at radius 1 is 1.05 bits per heavy atom. The van der Waals surface area contributed by atoms with Gasteiger partial charge in [0.2, 0.25) is 0 Å². The molecule has 3 nitrogen and oxygen atoms in total. The van der Waals surface area contributed by atoms with E-state index in [1.807, 2.05) is 20.8 Å². The van der Waals surface area contributed by atoms with Gasteiger partial charge in [-0.25, -0.2) is 4.39 Å². The smallest absolute Gasteiger partial charge is 0.146 e. The summed E-state index contributed by atoms with van der Waals surface area (Å²) in [4.78, 5) is 0. The molecule has 0 amide bonds. The zero-order chi connectivity index (χ0) is 14.7. The number of halogens is 1. The first-order valence-corrected chi connectivity index (χ1v) is 6.46. The molecule has 0 aliphatic carbocycles. The van der Waals surface area contributed by atoms with Gasteiger partial charge in [0, 0.05) is 12.1 Å². The molecule has 0 aromatic heterocycles. The van der Waals surface area contributed by atoms with Gasteiger partial charge in [0.05, 0.1) is 11.8 Å². The Bertz CT molecular complexity index is 611. The molecule has 0 fully saturated rings. The zero-order valence-electron chi connectivity index (χ0n) is 11.8. The number of nitrogens with two attached hydrogens (primary N) is 1. The van der Waals surface area contributed by atoms with Crippen molar-refractivity contribution in [2.45, 2.75) is 26.9 Å². The van der Waals surface area contributed by atoms with Crippen LogP contribution in [-0.2, 0) is 0 Å². The summed E-state index contributed by atoms with van der Waals surface area (Å²) in [6.45, 7) is 5.70. The highest BCUT2D eigenvalue weighted by Crippen LogP contribution is 2.32. The first kappa shape index (κ1) is 14.2. The Morgan fingerprint density at radius 3 is 2.50 bits per heavy atom. The van der Waals surface area contributed by atoms with Gasteiger partial charge in [-0.3, -0.25) is 0 Å². The Morgan fingerprint density at radius 2 is 1.80 bits per heavy atom. The fourth-order valence-electron chi connectivity index (χ4n) is 1.75. The highest BCUT2D eigenvalue weighted by Gasteiger charge is 2.08. The third kappa shape index (κ3) is 3.41. The van der Waals surface area contributed by atoms with Gasteiger partial charge in [0.1, 0.15) is 23.1 Å². The van der Waals surface area contributed by atoms with Crippen molar-refractivity contribution in [3.8, 4) is 17.2 Å². The Hall–Kier alpha value is -2.23. The van der Waals surface area contributed by atoms with Crippen LogP contribution in [0, 0.1) is 12.7 Å². The Labute approximate surface area is 118 Å². The second kappa shape index (κ2) is 5.82. The van der Waals surface area contributed by atoms with Crippen molar-refractivity contribution >= 4 is 5.69 Å². The molecular weight excluding hydrogens is 257 g/mol. The van der Waals surface area contributed by atoms with Crippen LogP contribution >= 0.6 is 0 Å². The highest BCUT2D eigenvalue weighted by molar-refractivity contribution is 5.56. The summed E-state index contributed by atoms with van der Waals surface area (Å²) in [6, 6.07) is 9.58. The predicted octanol–water partition coefficient (Wildman–Crippen LogP) is 4.30. The second-order valence-electron chi connectivity index (χ2n) is 4.88. The monoisotopic (exact) mass is 275 g/mol.